The SMILES string of the molecule is CCOC(=O)N1CC=C2C(C#N)=C(N)C(C#N)(C#N)C(c3ccc(F)cc3F)C2C1. The standard InChI is InChI=1S/C21H17F2N5O2/c1-2-30-20(29)28-6-5-13-15(8-24)19(27)21(10-25,11-26)18(16(13)9-28)14-4-3-12(22)7-17(14)23/h3-5,7,16,18H,2,6,9,27H2,1H3. The van der Waals surface area contributed by atoms with Crippen molar-refractivity contribution in [2.75, 3.05) is 19.7 Å². The Hall–Kier alpha value is -3.90. The van der Waals surface area contributed by atoms with Crippen LogP contribution in [-0.4, -0.2) is 30.7 Å². The average molecular weight is 409 g/mol. The maximum absolute atomic E-state index is 14.8. The van der Waals surface area contributed by atoms with Crippen LogP contribution in [0, 0.1) is 57.0 Å². The van der Waals surface area contributed by atoms with E-state index in [-0.39, 0.29) is 36.5 Å². The molecule has 0 aromatic heterocycles. The number of hydrogen-bond acceptors (Lipinski definition) is 6. The smallest absolute Gasteiger partial charge is 0.410 e. The van der Waals surface area contributed by atoms with Gasteiger partial charge in [-0.15, -0.1) is 0 Å². The van der Waals surface area contributed by atoms with Crippen LogP contribution in [0.1, 0.15) is 18.4 Å². The van der Waals surface area contributed by atoms with Gasteiger partial charge in [-0.25, -0.2) is 13.6 Å². The molecular weight excluding hydrogens is 392 g/mol. The number of allylic oxidation sites excluding steroid dienone is 2. The number of ether oxygens (including phenoxy) is 1. The van der Waals surface area contributed by atoms with Crippen molar-refractivity contribution >= 4 is 6.09 Å². The van der Waals surface area contributed by atoms with Gasteiger partial charge in [-0.2, -0.15) is 15.8 Å². The van der Waals surface area contributed by atoms with E-state index in [4.69, 9.17) is 10.5 Å². The molecule has 1 aromatic carbocycles. The van der Waals surface area contributed by atoms with Gasteiger partial charge in [0.1, 0.15) is 17.7 Å². The fourth-order valence-electron chi connectivity index (χ4n) is 4.14. The van der Waals surface area contributed by atoms with E-state index in [1.54, 1.807) is 13.0 Å². The van der Waals surface area contributed by atoms with Crippen LogP contribution >= 0.6 is 0 Å². The summed E-state index contributed by atoms with van der Waals surface area (Å²) < 4.78 is 33.3. The first-order valence-corrected chi connectivity index (χ1v) is 9.14. The van der Waals surface area contributed by atoms with E-state index in [0.29, 0.717) is 11.6 Å². The normalized spacial score (nSPS) is 22.1. The van der Waals surface area contributed by atoms with Crippen LogP contribution in [0.15, 0.2) is 41.1 Å². The zero-order valence-corrected chi connectivity index (χ0v) is 16.0. The van der Waals surface area contributed by atoms with E-state index in [0.717, 1.165) is 12.1 Å². The highest BCUT2D eigenvalue weighted by molar-refractivity contribution is 5.69. The summed E-state index contributed by atoms with van der Waals surface area (Å²) in [5.41, 5.74) is 4.04. The van der Waals surface area contributed by atoms with Gasteiger partial charge in [0.2, 0.25) is 0 Å². The van der Waals surface area contributed by atoms with Crippen molar-refractivity contribution in [3.05, 3.63) is 58.3 Å². The zero-order chi connectivity index (χ0) is 22.1. The Kier molecular flexibility index (Phi) is 5.45. The lowest BCUT2D eigenvalue weighted by molar-refractivity contribution is 0.0997. The van der Waals surface area contributed by atoms with Crippen LogP contribution in [0.3, 0.4) is 0 Å². The van der Waals surface area contributed by atoms with Crippen molar-refractivity contribution in [2.45, 2.75) is 12.8 Å². The molecule has 3 rings (SSSR count). The molecule has 2 aliphatic rings. The largest absolute Gasteiger partial charge is 0.450 e. The first-order valence-electron chi connectivity index (χ1n) is 9.14. The molecule has 0 saturated carbocycles. The molecule has 0 radical (unpaired) electrons. The third kappa shape index (κ3) is 3.03. The van der Waals surface area contributed by atoms with Gasteiger partial charge in [0, 0.05) is 31.0 Å². The maximum Gasteiger partial charge on any atom is 0.410 e. The molecule has 0 bridgehead atoms. The Morgan fingerprint density at radius 3 is 2.60 bits per heavy atom. The number of carbonyl (C=O) groups is 1. The molecule has 2 unspecified atom stereocenters. The Morgan fingerprint density at radius 1 is 1.33 bits per heavy atom. The maximum atomic E-state index is 14.8. The number of rotatable bonds is 2. The highest BCUT2D eigenvalue weighted by Crippen LogP contribution is 2.54. The molecule has 1 aliphatic heterocycles. The van der Waals surface area contributed by atoms with Crippen molar-refractivity contribution in [3.8, 4) is 18.2 Å². The molecule has 30 heavy (non-hydrogen) atoms. The summed E-state index contributed by atoms with van der Waals surface area (Å²) in [5.74, 6) is -3.74. The van der Waals surface area contributed by atoms with Gasteiger partial charge in [-0.05, 0) is 24.1 Å². The van der Waals surface area contributed by atoms with E-state index < -0.39 is 35.0 Å². The number of carbonyl (C=O) groups excluding carboxylic acids is 1. The molecule has 0 fully saturated rings. The molecule has 1 aliphatic carbocycles. The average Bonchev–Trinajstić information content (AvgIpc) is 2.73. The minimum Gasteiger partial charge on any atom is -0.450 e. The topological polar surface area (TPSA) is 127 Å². The van der Waals surface area contributed by atoms with E-state index >= 15 is 0 Å². The zero-order valence-electron chi connectivity index (χ0n) is 16.0. The highest BCUT2D eigenvalue weighted by Gasteiger charge is 2.55. The highest BCUT2D eigenvalue weighted by atomic mass is 19.1. The van der Waals surface area contributed by atoms with Crippen molar-refractivity contribution in [2.24, 2.45) is 17.1 Å². The lowest BCUT2D eigenvalue weighted by atomic mass is 9.58. The number of nitriles is 3. The van der Waals surface area contributed by atoms with Gasteiger partial charge >= 0.3 is 6.09 Å². The summed E-state index contributed by atoms with van der Waals surface area (Å²) >= 11 is 0. The fourth-order valence-corrected chi connectivity index (χ4v) is 4.14. The Labute approximate surface area is 171 Å². The van der Waals surface area contributed by atoms with E-state index in [9.17, 15) is 29.4 Å². The van der Waals surface area contributed by atoms with E-state index in [2.05, 4.69) is 0 Å². The van der Waals surface area contributed by atoms with Gasteiger partial charge in [-0.1, -0.05) is 12.1 Å². The summed E-state index contributed by atoms with van der Waals surface area (Å²) in [4.78, 5) is 13.6. The lowest BCUT2D eigenvalue weighted by Crippen LogP contribution is -2.49. The predicted molar refractivity (Wildman–Crippen MR) is 99.8 cm³/mol. The number of hydrogen-bond donors (Lipinski definition) is 1. The minimum atomic E-state index is -2.08. The molecule has 152 valence electrons. The summed E-state index contributed by atoms with van der Waals surface area (Å²) in [6, 6.07) is 8.48. The van der Waals surface area contributed by atoms with Gasteiger partial charge < -0.3 is 15.4 Å². The van der Waals surface area contributed by atoms with Crippen LogP contribution in [0.4, 0.5) is 13.6 Å². The van der Waals surface area contributed by atoms with Gasteiger partial charge in [0.25, 0.3) is 0 Å². The number of benzene rings is 1. The van der Waals surface area contributed by atoms with Gasteiger partial charge in [0.15, 0.2) is 5.41 Å². The monoisotopic (exact) mass is 409 g/mol. The quantitative estimate of drug-likeness (QED) is 0.800. The number of nitrogens with two attached hydrogens (primary N) is 1. The Morgan fingerprint density at radius 2 is 2.03 bits per heavy atom. The molecule has 1 heterocycles. The second kappa shape index (κ2) is 7.85. The number of amides is 1. The van der Waals surface area contributed by atoms with Crippen LogP contribution in [-0.2, 0) is 4.74 Å². The summed E-state index contributed by atoms with van der Waals surface area (Å²) in [7, 11) is 0. The molecule has 2 atom stereocenters. The predicted octanol–water partition coefficient (Wildman–Crippen LogP) is 2.85. The molecular formula is C21H17F2N5O2. The van der Waals surface area contributed by atoms with Crippen molar-refractivity contribution in [3.63, 3.8) is 0 Å². The first-order chi connectivity index (χ1) is 14.3. The van der Waals surface area contributed by atoms with Crippen molar-refractivity contribution in [1.29, 1.82) is 15.8 Å². The van der Waals surface area contributed by atoms with Gasteiger partial charge in [-0.3, -0.25) is 0 Å². The molecule has 1 amide bonds. The fraction of sp³-hybridized carbons (Fsp3) is 0.333. The molecule has 0 spiro atoms. The van der Waals surface area contributed by atoms with E-state index in [1.165, 1.54) is 4.90 Å². The number of halogens is 2. The molecule has 7 nitrogen and oxygen atoms in total. The first kappa shape index (κ1) is 20.8. The molecule has 9 heteroatoms. The van der Waals surface area contributed by atoms with Crippen LogP contribution in [0.2, 0.25) is 0 Å². The summed E-state index contributed by atoms with van der Waals surface area (Å²) in [6.45, 7) is 1.88. The molecule has 2 N–H and O–H groups in total. The van der Waals surface area contributed by atoms with Crippen LogP contribution < -0.4 is 5.73 Å². The van der Waals surface area contributed by atoms with Gasteiger partial charge in [0.05, 0.1) is 30.0 Å². The Bertz CT molecular complexity index is 1080. The number of fused-ring (bicyclic) bond motifs is 1. The third-order valence-electron chi connectivity index (χ3n) is 5.49. The number of nitrogens with zero attached hydrogens (tertiary/aromatic N) is 4. The molecule has 1 aromatic rings. The van der Waals surface area contributed by atoms with Crippen molar-refractivity contribution < 1.29 is 18.3 Å². The summed E-state index contributed by atoms with van der Waals surface area (Å²) in [6.07, 6.45) is 0.968. The second-order valence-electron chi connectivity index (χ2n) is 6.95. The summed E-state index contributed by atoms with van der Waals surface area (Å²) in [5, 5.41) is 29.5. The van der Waals surface area contributed by atoms with Crippen LogP contribution in [0.5, 0.6) is 0 Å². The Balaban J connectivity index is 2.27. The lowest BCUT2D eigenvalue weighted by Gasteiger charge is -2.45. The minimum absolute atomic E-state index is 0.0320. The van der Waals surface area contributed by atoms with Crippen molar-refractivity contribution in [1.82, 2.24) is 4.90 Å². The van der Waals surface area contributed by atoms with Crippen LogP contribution in [0.25, 0.3) is 0 Å². The second-order valence-corrected chi connectivity index (χ2v) is 6.95. The molecule has 0 saturated heterocycles. The van der Waals surface area contributed by atoms with E-state index in [1.807, 2.05) is 18.2 Å². The third-order valence-corrected chi connectivity index (χ3v) is 5.49.